The quantitative estimate of drug-likeness (QED) is 0.318. The van der Waals surface area contributed by atoms with Gasteiger partial charge in [-0.15, -0.1) is 0 Å². The maximum absolute atomic E-state index is 13.6. The fourth-order valence-corrected chi connectivity index (χ4v) is 4.11. The molecule has 3 rings (SSSR count). The van der Waals surface area contributed by atoms with Crippen LogP contribution in [0.15, 0.2) is 12.3 Å². The van der Waals surface area contributed by atoms with Gasteiger partial charge in [-0.3, -0.25) is 14.6 Å². The zero-order chi connectivity index (χ0) is 23.0. The van der Waals surface area contributed by atoms with Crippen molar-refractivity contribution >= 4 is 21.8 Å². The molecule has 166 valence electrons. The number of aliphatic hydroxyl groups excluding tert-OH is 1. The van der Waals surface area contributed by atoms with Crippen LogP contribution in [0.25, 0.3) is 0 Å². The topological polar surface area (TPSA) is 129 Å². The highest BCUT2D eigenvalue weighted by atomic mass is 32.2. The average molecular weight is 451 g/mol. The van der Waals surface area contributed by atoms with E-state index in [9.17, 15) is 22.4 Å². The predicted molar refractivity (Wildman–Crippen MR) is 107 cm³/mol. The second-order valence-electron chi connectivity index (χ2n) is 7.96. The van der Waals surface area contributed by atoms with Crippen LogP contribution in [0.1, 0.15) is 31.0 Å². The summed E-state index contributed by atoms with van der Waals surface area (Å²) in [6.07, 6.45) is 2.42. The fourth-order valence-electron chi connectivity index (χ4n) is 3.26. The minimum Gasteiger partial charge on any atom is -0.393 e. The number of aromatic nitrogens is 1. The van der Waals surface area contributed by atoms with E-state index in [1.165, 1.54) is 28.1 Å². The van der Waals surface area contributed by atoms with Crippen molar-refractivity contribution in [2.75, 3.05) is 19.4 Å². The summed E-state index contributed by atoms with van der Waals surface area (Å²) in [7, 11) is -3.85. The van der Waals surface area contributed by atoms with E-state index < -0.39 is 44.7 Å². The van der Waals surface area contributed by atoms with Crippen LogP contribution >= 0.6 is 0 Å². The molecule has 0 bridgehead atoms. The number of aliphatic hydroxyl groups is 1. The maximum atomic E-state index is 13.6. The zero-order valence-corrected chi connectivity index (χ0v) is 17.8. The number of nitrogens with one attached hydrogen (secondary N) is 1. The molecule has 1 saturated carbocycles. The number of rotatable bonds is 6. The van der Waals surface area contributed by atoms with Gasteiger partial charge in [0, 0.05) is 36.7 Å². The van der Waals surface area contributed by atoms with Crippen LogP contribution in [0, 0.1) is 29.6 Å². The van der Waals surface area contributed by atoms with Gasteiger partial charge in [0.25, 0.3) is 5.91 Å². The highest BCUT2D eigenvalue weighted by Crippen LogP contribution is 2.46. The molecule has 11 heteroatoms. The number of alkyl halides is 1. The van der Waals surface area contributed by atoms with Crippen molar-refractivity contribution in [1.82, 2.24) is 14.9 Å². The largest absolute Gasteiger partial charge is 0.393 e. The van der Waals surface area contributed by atoms with Crippen LogP contribution in [0.3, 0.4) is 0 Å². The first-order valence-electron chi connectivity index (χ1n) is 9.41. The maximum Gasteiger partial charge on any atom is 0.328 e. The molecule has 0 radical (unpaired) electrons. The van der Waals surface area contributed by atoms with Crippen molar-refractivity contribution < 1.29 is 32.7 Å². The van der Waals surface area contributed by atoms with E-state index in [0.717, 1.165) is 6.26 Å². The van der Waals surface area contributed by atoms with E-state index in [2.05, 4.69) is 23.7 Å². The molecule has 3 N–H and O–H groups in total. The summed E-state index contributed by atoms with van der Waals surface area (Å²) in [4.78, 5) is 25.9. The van der Waals surface area contributed by atoms with Gasteiger partial charge in [0.2, 0.25) is 0 Å². The van der Waals surface area contributed by atoms with Gasteiger partial charge in [0.15, 0.2) is 14.6 Å². The van der Waals surface area contributed by atoms with Gasteiger partial charge in [-0.1, -0.05) is 11.8 Å². The molecule has 0 spiro atoms. The minimum absolute atomic E-state index is 0.0127. The molecule has 1 aromatic rings. The number of fused-ring (bicyclic) bond motifs is 1. The van der Waals surface area contributed by atoms with Crippen molar-refractivity contribution in [2.45, 2.75) is 36.7 Å². The van der Waals surface area contributed by atoms with E-state index in [0.29, 0.717) is 11.3 Å². The van der Waals surface area contributed by atoms with Gasteiger partial charge in [0.05, 0.1) is 19.1 Å². The first kappa shape index (κ1) is 22.8. The molecule has 1 unspecified atom stereocenters. The molecule has 2 amide bonds. The number of amides is 2. The molecular weight excluding hydrogens is 429 g/mol. The normalized spacial score (nSPS) is 23.7. The van der Waals surface area contributed by atoms with Gasteiger partial charge < -0.3 is 10.0 Å². The number of hydrogen-bond donors (Lipinski definition) is 3. The molecule has 1 aliphatic heterocycles. The Balaban J connectivity index is 1.64. The molecule has 9 nitrogen and oxygen atoms in total. The zero-order valence-electron chi connectivity index (χ0n) is 17.0. The van der Waals surface area contributed by atoms with Gasteiger partial charge in [-0.25, -0.2) is 23.1 Å². The third-order valence-electron chi connectivity index (χ3n) is 5.77. The van der Waals surface area contributed by atoms with E-state index in [1.807, 2.05) is 0 Å². The Bertz CT molecular complexity index is 1150. The number of nitrogens with zero attached hydrogens (tertiary/aromatic N) is 2. The highest BCUT2D eigenvalue weighted by Gasteiger charge is 2.54. The molecule has 0 aromatic carbocycles. The summed E-state index contributed by atoms with van der Waals surface area (Å²) in [5.74, 6) is 9.01. The van der Waals surface area contributed by atoms with Gasteiger partial charge in [0.1, 0.15) is 5.67 Å². The van der Waals surface area contributed by atoms with Crippen LogP contribution in [0.4, 0.5) is 9.18 Å². The number of halogens is 1. The standard InChI is InChI=1S/C20H22FN3O6S/c1-19(17(26)22-28,31(2,29)30)7-8-23-12-16-9-14(11-24(16)18(23)27)5-3-4-6-15-10-20(15,21)13-25/h9,11,15,25,28H,7-8,10,12-13H2,1-2H3,(H,22,26)/t15-,19?,20-/m0/s1. The van der Waals surface area contributed by atoms with Crippen molar-refractivity contribution in [3.05, 3.63) is 23.5 Å². The summed E-state index contributed by atoms with van der Waals surface area (Å²) in [5.41, 5.74) is 0.940. The number of sulfone groups is 1. The lowest BCUT2D eigenvalue weighted by Crippen LogP contribution is -2.50. The van der Waals surface area contributed by atoms with Crippen molar-refractivity contribution in [1.29, 1.82) is 0 Å². The average Bonchev–Trinajstić information content (AvgIpc) is 3.05. The third-order valence-corrected chi connectivity index (χ3v) is 7.80. The van der Waals surface area contributed by atoms with Crippen molar-refractivity contribution in [3.8, 4) is 23.7 Å². The Morgan fingerprint density at radius 2 is 2.16 bits per heavy atom. The third kappa shape index (κ3) is 4.30. The second kappa shape index (κ2) is 8.00. The number of carbonyl (C=O) groups excluding carboxylic acids is 2. The Labute approximate surface area is 179 Å². The van der Waals surface area contributed by atoms with E-state index in [4.69, 9.17) is 10.3 Å². The molecule has 1 aromatic heterocycles. The Morgan fingerprint density at radius 1 is 1.45 bits per heavy atom. The smallest absolute Gasteiger partial charge is 0.328 e. The lowest BCUT2D eigenvalue weighted by atomic mass is 10.1. The lowest BCUT2D eigenvalue weighted by Gasteiger charge is -2.27. The van der Waals surface area contributed by atoms with E-state index >= 15 is 0 Å². The minimum atomic E-state index is -3.85. The first-order valence-corrected chi connectivity index (χ1v) is 11.3. The number of hydrogen-bond acceptors (Lipinski definition) is 6. The number of carbonyl (C=O) groups is 2. The molecule has 0 saturated heterocycles. The Morgan fingerprint density at radius 3 is 2.71 bits per heavy atom. The lowest BCUT2D eigenvalue weighted by molar-refractivity contribution is -0.131. The summed E-state index contributed by atoms with van der Waals surface area (Å²) in [6, 6.07) is 1.30. The molecule has 2 heterocycles. The van der Waals surface area contributed by atoms with E-state index in [1.54, 1.807) is 6.07 Å². The van der Waals surface area contributed by atoms with Gasteiger partial charge in [-0.2, -0.15) is 0 Å². The summed E-state index contributed by atoms with van der Waals surface area (Å²) in [6.45, 7) is 0.828. The molecular formula is C20H22FN3O6S. The predicted octanol–water partition coefficient (Wildman–Crippen LogP) is 0.0460. The Kier molecular flexibility index (Phi) is 5.89. The summed E-state index contributed by atoms with van der Waals surface area (Å²) < 4.78 is 37.1. The first-order chi connectivity index (χ1) is 14.4. The molecule has 1 aliphatic carbocycles. The van der Waals surface area contributed by atoms with E-state index in [-0.39, 0.29) is 25.9 Å². The van der Waals surface area contributed by atoms with Gasteiger partial charge in [-0.05, 0) is 31.3 Å². The summed E-state index contributed by atoms with van der Waals surface area (Å²) in [5, 5.41) is 17.7. The van der Waals surface area contributed by atoms with Crippen LogP contribution in [0.2, 0.25) is 0 Å². The van der Waals surface area contributed by atoms with Crippen LogP contribution in [-0.4, -0.2) is 70.0 Å². The van der Waals surface area contributed by atoms with Gasteiger partial charge >= 0.3 is 6.03 Å². The SMILES string of the molecule is CC(CCN1Cc2cc(C#CC#C[C@H]3C[C@]3(F)CO)cn2C1=O)(C(=O)NO)S(C)(=O)=O. The Hall–Kier alpha value is -2.86. The van der Waals surface area contributed by atoms with Crippen molar-refractivity contribution in [3.63, 3.8) is 0 Å². The van der Waals surface area contributed by atoms with Crippen LogP contribution < -0.4 is 5.48 Å². The van der Waals surface area contributed by atoms with Crippen LogP contribution in [-0.2, 0) is 21.2 Å². The summed E-state index contributed by atoms with van der Waals surface area (Å²) >= 11 is 0. The van der Waals surface area contributed by atoms with Crippen molar-refractivity contribution in [2.24, 2.45) is 5.92 Å². The molecule has 1 fully saturated rings. The molecule has 2 aliphatic rings. The highest BCUT2D eigenvalue weighted by molar-refractivity contribution is 7.92. The molecule has 31 heavy (non-hydrogen) atoms. The second-order valence-corrected chi connectivity index (χ2v) is 10.4. The monoisotopic (exact) mass is 451 g/mol. The number of hydroxylamine groups is 1. The fraction of sp³-hybridized carbons (Fsp3) is 0.500. The van der Waals surface area contributed by atoms with Crippen LogP contribution in [0.5, 0.6) is 0 Å². The molecule has 3 atom stereocenters.